The lowest BCUT2D eigenvalue weighted by Gasteiger charge is -2.13. The Kier molecular flexibility index (Phi) is 4.70. The first kappa shape index (κ1) is 16.6. The van der Waals surface area contributed by atoms with Crippen LogP contribution < -0.4 is 10.1 Å². The van der Waals surface area contributed by atoms with Gasteiger partial charge in [0.25, 0.3) is 5.91 Å². The zero-order valence-electron chi connectivity index (χ0n) is 12.8. The number of halogens is 3. The highest BCUT2D eigenvalue weighted by atomic mass is 19.1. The van der Waals surface area contributed by atoms with Gasteiger partial charge in [-0.15, -0.1) is 0 Å². The van der Waals surface area contributed by atoms with Gasteiger partial charge in [-0.25, -0.2) is 13.2 Å². The molecule has 0 aliphatic carbocycles. The quantitative estimate of drug-likeness (QED) is 0.711. The minimum absolute atomic E-state index is 0.0383. The van der Waals surface area contributed by atoms with Crippen molar-refractivity contribution in [3.63, 3.8) is 0 Å². The zero-order chi connectivity index (χ0) is 17.8. The average Bonchev–Trinajstić information content (AvgIpc) is 2.61. The molecule has 0 unspecified atom stereocenters. The number of carbonyl (C=O) groups excluding carboxylic acids is 1. The average molecular weight is 343 g/mol. The van der Waals surface area contributed by atoms with Crippen molar-refractivity contribution in [2.45, 2.75) is 0 Å². The summed E-state index contributed by atoms with van der Waals surface area (Å²) in [6.45, 7) is 0. The maximum absolute atomic E-state index is 14.1. The molecule has 0 heterocycles. The third-order valence-electron chi connectivity index (χ3n) is 3.36. The molecule has 0 bridgehead atoms. The number of rotatable bonds is 4. The van der Waals surface area contributed by atoms with Crippen LogP contribution in [0.2, 0.25) is 0 Å². The Morgan fingerprint density at radius 2 is 1.60 bits per heavy atom. The Hall–Kier alpha value is -3.28. The molecule has 1 amide bonds. The fraction of sp³-hybridized carbons (Fsp3) is 0. The largest absolute Gasteiger partial charge is 0.455 e. The lowest BCUT2D eigenvalue weighted by atomic mass is 10.2. The summed E-state index contributed by atoms with van der Waals surface area (Å²) in [5, 5.41) is 2.24. The molecule has 3 nitrogen and oxygen atoms in total. The molecule has 0 fully saturated rings. The molecular formula is C19H12F3NO2. The minimum Gasteiger partial charge on any atom is -0.455 e. The van der Waals surface area contributed by atoms with E-state index in [1.807, 2.05) is 0 Å². The van der Waals surface area contributed by atoms with Crippen LogP contribution in [0.3, 0.4) is 0 Å². The van der Waals surface area contributed by atoms with Crippen LogP contribution in [0.15, 0.2) is 66.7 Å². The van der Waals surface area contributed by atoms with Gasteiger partial charge in [-0.2, -0.15) is 0 Å². The minimum atomic E-state index is -0.986. The van der Waals surface area contributed by atoms with E-state index in [0.29, 0.717) is 5.75 Å². The molecule has 0 radical (unpaired) electrons. The van der Waals surface area contributed by atoms with E-state index < -0.39 is 28.9 Å². The van der Waals surface area contributed by atoms with Gasteiger partial charge in [-0.05, 0) is 42.5 Å². The SMILES string of the molecule is O=C(Nc1c(F)cccc1Oc1ccccc1)c1cc(F)ccc1F. The number of hydrogen-bond donors (Lipinski definition) is 1. The van der Waals surface area contributed by atoms with Crippen molar-refractivity contribution in [3.05, 3.63) is 89.7 Å². The Bertz CT molecular complexity index is 914. The van der Waals surface area contributed by atoms with Gasteiger partial charge in [0.2, 0.25) is 0 Å². The van der Waals surface area contributed by atoms with Crippen LogP contribution in [0.4, 0.5) is 18.9 Å². The van der Waals surface area contributed by atoms with E-state index in [4.69, 9.17) is 4.74 Å². The van der Waals surface area contributed by atoms with E-state index in [-0.39, 0.29) is 11.4 Å². The predicted molar refractivity (Wildman–Crippen MR) is 87.2 cm³/mol. The van der Waals surface area contributed by atoms with Gasteiger partial charge in [0, 0.05) is 0 Å². The summed E-state index contributed by atoms with van der Waals surface area (Å²) in [7, 11) is 0. The van der Waals surface area contributed by atoms with Crippen LogP contribution in [0, 0.1) is 17.5 Å². The van der Waals surface area contributed by atoms with E-state index in [9.17, 15) is 18.0 Å². The molecule has 6 heteroatoms. The molecule has 3 aromatic carbocycles. The number of nitrogens with one attached hydrogen (secondary N) is 1. The molecule has 0 saturated heterocycles. The maximum atomic E-state index is 14.1. The summed E-state index contributed by atoms with van der Waals surface area (Å²) < 4.78 is 46.7. The fourth-order valence-corrected chi connectivity index (χ4v) is 2.18. The second-order valence-electron chi connectivity index (χ2n) is 5.11. The lowest BCUT2D eigenvalue weighted by molar-refractivity contribution is 0.102. The molecule has 0 atom stereocenters. The molecule has 0 saturated carbocycles. The van der Waals surface area contributed by atoms with Crippen molar-refractivity contribution >= 4 is 11.6 Å². The van der Waals surface area contributed by atoms with Crippen LogP contribution in [-0.2, 0) is 0 Å². The van der Waals surface area contributed by atoms with Crippen LogP contribution in [0.25, 0.3) is 0 Å². The van der Waals surface area contributed by atoms with Crippen molar-refractivity contribution in [2.24, 2.45) is 0 Å². The number of hydrogen-bond acceptors (Lipinski definition) is 2. The molecule has 0 aliphatic rings. The Morgan fingerprint density at radius 1 is 0.840 bits per heavy atom. The topological polar surface area (TPSA) is 38.3 Å². The Morgan fingerprint density at radius 3 is 2.36 bits per heavy atom. The van der Waals surface area contributed by atoms with Crippen molar-refractivity contribution < 1.29 is 22.7 Å². The number of benzene rings is 3. The summed E-state index contributed by atoms with van der Waals surface area (Å²) in [5.41, 5.74) is -0.797. The standard InChI is InChI=1S/C19H12F3NO2/c20-12-9-10-15(21)14(11-12)19(24)23-18-16(22)7-4-8-17(18)25-13-5-2-1-3-6-13/h1-11H,(H,23,24). The third-order valence-corrected chi connectivity index (χ3v) is 3.36. The predicted octanol–water partition coefficient (Wildman–Crippen LogP) is 5.15. The first-order chi connectivity index (χ1) is 12.0. The van der Waals surface area contributed by atoms with E-state index in [1.54, 1.807) is 30.3 Å². The molecule has 0 spiro atoms. The number of ether oxygens (including phenoxy) is 1. The summed E-state index contributed by atoms with van der Waals surface area (Å²) >= 11 is 0. The van der Waals surface area contributed by atoms with E-state index in [1.165, 1.54) is 12.1 Å². The van der Waals surface area contributed by atoms with Crippen molar-refractivity contribution in [3.8, 4) is 11.5 Å². The first-order valence-electron chi connectivity index (χ1n) is 7.32. The summed E-state index contributed by atoms with van der Waals surface area (Å²) in [4.78, 5) is 12.2. The normalized spacial score (nSPS) is 10.4. The van der Waals surface area contributed by atoms with Crippen molar-refractivity contribution in [1.82, 2.24) is 0 Å². The molecule has 1 N–H and O–H groups in total. The highest BCUT2D eigenvalue weighted by molar-refractivity contribution is 6.05. The molecule has 0 aromatic heterocycles. The Balaban J connectivity index is 1.92. The van der Waals surface area contributed by atoms with Crippen molar-refractivity contribution in [2.75, 3.05) is 5.32 Å². The molecular weight excluding hydrogens is 331 g/mol. The van der Waals surface area contributed by atoms with Crippen molar-refractivity contribution in [1.29, 1.82) is 0 Å². The van der Waals surface area contributed by atoms with Gasteiger partial charge in [0.1, 0.15) is 23.1 Å². The Labute approximate surface area is 141 Å². The van der Waals surface area contributed by atoms with Gasteiger partial charge in [-0.3, -0.25) is 4.79 Å². The van der Waals surface area contributed by atoms with E-state index in [0.717, 1.165) is 24.3 Å². The fourth-order valence-electron chi connectivity index (χ4n) is 2.18. The third kappa shape index (κ3) is 3.80. The van der Waals surface area contributed by atoms with Crippen LogP contribution in [-0.4, -0.2) is 5.91 Å². The molecule has 3 aromatic rings. The zero-order valence-corrected chi connectivity index (χ0v) is 12.8. The number of para-hydroxylation sites is 2. The molecule has 3 rings (SSSR count). The van der Waals surface area contributed by atoms with E-state index >= 15 is 0 Å². The van der Waals surface area contributed by atoms with Gasteiger partial charge < -0.3 is 10.1 Å². The summed E-state index contributed by atoms with van der Waals surface area (Å²) in [6.07, 6.45) is 0. The molecule has 126 valence electrons. The van der Waals surface area contributed by atoms with Gasteiger partial charge in [0.05, 0.1) is 5.56 Å². The number of amides is 1. The van der Waals surface area contributed by atoms with Crippen LogP contribution >= 0.6 is 0 Å². The lowest BCUT2D eigenvalue weighted by Crippen LogP contribution is -2.15. The van der Waals surface area contributed by atoms with Crippen LogP contribution in [0.5, 0.6) is 11.5 Å². The summed E-state index contributed by atoms with van der Waals surface area (Å²) in [6, 6.07) is 15.0. The second-order valence-corrected chi connectivity index (χ2v) is 5.11. The van der Waals surface area contributed by atoms with E-state index in [2.05, 4.69) is 5.32 Å². The van der Waals surface area contributed by atoms with Crippen LogP contribution in [0.1, 0.15) is 10.4 Å². The van der Waals surface area contributed by atoms with Gasteiger partial charge in [-0.1, -0.05) is 24.3 Å². The highest BCUT2D eigenvalue weighted by Gasteiger charge is 2.18. The second kappa shape index (κ2) is 7.09. The highest BCUT2D eigenvalue weighted by Crippen LogP contribution is 2.32. The number of carbonyl (C=O) groups is 1. The molecule has 0 aliphatic heterocycles. The maximum Gasteiger partial charge on any atom is 0.258 e. The van der Waals surface area contributed by atoms with Gasteiger partial charge in [0.15, 0.2) is 11.6 Å². The van der Waals surface area contributed by atoms with Gasteiger partial charge >= 0.3 is 0 Å². The first-order valence-corrected chi connectivity index (χ1v) is 7.32. The monoisotopic (exact) mass is 343 g/mol. The summed E-state index contributed by atoms with van der Waals surface area (Å²) in [5.74, 6) is -2.97. The number of anilines is 1. The smallest absolute Gasteiger partial charge is 0.258 e. The molecule has 25 heavy (non-hydrogen) atoms.